The summed E-state index contributed by atoms with van der Waals surface area (Å²) in [5.41, 5.74) is 2.13. The Morgan fingerprint density at radius 3 is 2.50 bits per heavy atom. The molecule has 1 aliphatic heterocycles. The largest absolute Gasteiger partial charge is 0.379 e. The van der Waals surface area contributed by atoms with Crippen molar-refractivity contribution in [2.24, 2.45) is 4.99 Å². The zero-order valence-electron chi connectivity index (χ0n) is 15.4. The van der Waals surface area contributed by atoms with Crippen molar-refractivity contribution in [2.75, 3.05) is 19.5 Å². The summed E-state index contributed by atoms with van der Waals surface area (Å²) in [6.07, 6.45) is 1.97. The van der Waals surface area contributed by atoms with E-state index in [1.807, 2.05) is 20.8 Å². The first-order valence-corrected chi connectivity index (χ1v) is 10.2. The summed E-state index contributed by atoms with van der Waals surface area (Å²) in [5, 5.41) is -0.804. The molecule has 6 nitrogen and oxygen atoms in total. The lowest BCUT2D eigenvalue weighted by atomic mass is 10.1. The van der Waals surface area contributed by atoms with Crippen LogP contribution in [0, 0.1) is 6.92 Å². The lowest BCUT2D eigenvalue weighted by Crippen LogP contribution is -2.28. The summed E-state index contributed by atoms with van der Waals surface area (Å²) >= 11 is 0. The molecule has 2 rings (SSSR count). The monoisotopic (exact) mass is 356 g/mol. The molecule has 1 aromatic heterocycles. The third-order valence-electron chi connectivity index (χ3n) is 4.04. The van der Waals surface area contributed by atoms with Gasteiger partial charge in [-0.3, -0.25) is 9.79 Å². The van der Waals surface area contributed by atoms with E-state index >= 15 is 0 Å². The zero-order chi connectivity index (χ0) is 18.5. The van der Waals surface area contributed by atoms with Gasteiger partial charge in [0.15, 0.2) is 9.84 Å². The standard InChI is InChI=1S/C15H22N2O4S.C2H6/c1-10(16-12(3)22(4,19)20)14-5-6-15(18)17(11(14)2)13-7-8-21-9-13;1-2/h5-6,12-13H,7-9H2,1-4H3;1-2H3/b16-10-;. The van der Waals surface area contributed by atoms with E-state index in [1.165, 1.54) is 6.07 Å². The van der Waals surface area contributed by atoms with Crippen LogP contribution in [0.25, 0.3) is 0 Å². The average Bonchev–Trinajstić information content (AvgIpc) is 3.02. The zero-order valence-corrected chi connectivity index (χ0v) is 16.2. The second kappa shape index (κ2) is 8.58. The van der Waals surface area contributed by atoms with Gasteiger partial charge in [0.05, 0.1) is 12.6 Å². The summed E-state index contributed by atoms with van der Waals surface area (Å²) < 4.78 is 30.2. The number of hydrogen-bond acceptors (Lipinski definition) is 5. The van der Waals surface area contributed by atoms with E-state index in [9.17, 15) is 13.2 Å². The highest BCUT2D eigenvalue weighted by atomic mass is 32.2. The molecule has 0 spiro atoms. The van der Waals surface area contributed by atoms with Crippen LogP contribution in [-0.4, -0.2) is 43.5 Å². The first-order chi connectivity index (χ1) is 11.2. The van der Waals surface area contributed by atoms with Crippen LogP contribution < -0.4 is 5.56 Å². The van der Waals surface area contributed by atoms with Crippen molar-refractivity contribution in [3.63, 3.8) is 0 Å². The van der Waals surface area contributed by atoms with Crippen LogP contribution in [0.1, 0.15) is 51.4 Å². The molecule has 2 unspecified atom stereocenters. The molecule has 2 heterocycles. The van der Waals surface area contributed by atoms with Gasteiger partial charge in [0.2, 0.25) is 0 Å². The Hall–Kier alpha value is -1.47. The number of sulfone groups is 1. The topological polar surface area (TPSA) is 77.7 Å². The molecule has 0 radical (unpaired) electrons. The number of pyridine rings is 1. The van der Waals surface area contributed by atoms with E-state index in [1.54, 1.807) is 24.5 Å². The van der Waals surface area contributed by atoms with Crippen LogP contribution in [0.15, 0.2) is 21.9 Å². The Balaban J connectivity index is 0.00000139. The van der Waals surface area contributed by atoms with Gasteiger partial charge in [0.1, 0.15) is 5.37 Å². The summed E-state index contributed by atoms with van der Waals surface area (Å²) in [7, 11) is -3.23. The fourth-order valence-corrected chi connectivity index (χ4v) is 3.00. The number of ether oxygens (including phenoxy) is 1. The Kier molecular flexibility index (Phi) is 7.35. The molecule has 0 N–H and O–H groups in total. The second-order valence-electron chi connectivity index (χ2n) is 5.70. The number of aliphatic imine (C=N–C) groups is 1. The fourth-order valence-electron chi connectivity index (χ4n) is 2.65. The molecule has 0 amide bonds. The van der Waals surface area contributed by atoms with Crippen LogP contribution in [-0.2, 0) is 14.6 Å². The quantitative estimate of drug-likeness (QED) is 0.776. The number of aromatic nitrogens is 1. The maximum absolute atomic E-state index is 12.2. The Morgan fingerprint density at radius 1 is 1.38 bits per heavy atom. The van der Waals surface area contributed by atoms with Crippen LogP contribution in [0.4, 0.5) is 0 Å². The van der Waals surface area contributed by atoms with E-state index in [4.69, 9.17) is 4.74 Å². The number of rotatable bonds is 4. The minimum Gasteiger partial charge on any atom is -0.379 e. The summed E-state index contributed by atoms with van der Waals surface area (Å²) in [5.74, 6) is 0. The van der Waals surface area contributed by atoms with Gasteiger partial charge in [-0.05, 0) is 33.3 Å². The number of nitrogens with zero attached hydrogens (tertiary/aromatic N) is 2. The third kappa shape index (κ3) is 4.77. The van der Waals surface area contributed by atoms with Crippen molar-refractivity contribution < 1.29 is 13.2 Å². The minimum absolute atomic E-state index is 0.0348. The highest BCUT2D eigenvalue weighted by Gasteiger charge is 2.22. The third-order valence-corrected chi connectivity index (χ3v) is 5.38. The maximum atomic E-state index is 12.2. The first-order valence-electron chi connectivity index (χ1n) is 8.25. The molecule has 2 atom stereocenters. The maximum Gasteiger partial charge on any atom is 0.251 e. The van der Waals surface area contributed by atoms with Crippen molar-refractivity contribution in [2.45, 2.75) is 52.5 Å². The lowest BCUT2D eigenvalue weighted by molar-refractivity contribution is 0.185. The molecule has 136 valence electrons. The molecule has 1 aromatic rings. The highest BCUT2D eigenvalue weighted by molar-refractivity contribution is 7.91. The van der Waals surface area contributed by atoms with Crippen molar-refractivity contribution in [1.82, 2.24) is 4.57 Å². The molecule has 0 bridgehead atoms. The molecule has 1 fully saturated rings. The van der Waals surface area contributed by atoms with E-state index in [-0.39, 0.29) is 11.6 Å². The molecule has 24 heavy (non-hydrogen) atoms. The smallest absolute Gasteiger partial charge is 0.251 e. The van der Waals surface area contributed by atoms with Crippen LogP contribution in [0.5, 0.6) is 0 Å². The van der Waals surface area contributed by atoms with E-state index in [2.05, 4.69) is 4.99 Å². The van der Waals surface area contributed by atoms with Crippen LogP contribution >= 0.6 is 0 Å². The highest BCUT2D eigenvalue weighted by Crippen LogP contribution is 2.20. The molecule has 0 aliphatic carbocycles. The molecule has 0 aromatic carbocycles. The van der Waals surface area contributed by atoms with Crippen LogP contribution in [0.3, 0.4) is 0 Å². The molecule has 0 saturated carbocycles. The van der Waals surface area contributed by atoms with E-state index < -0.39 is 15.2 Å². The Morgan fingerprint density at radius 2 is 2.00 bits per heavy atom. The Labute approximate surface area is 144 Å². The van der Waals surface area contributed by atoms with Crippen molar-refractivity contribution in [1.29, 1.82) is 0 Å². The van der Waals surface area contributed by atoms with E-state index in [0.717, 1.165) is 23.9 Å². The van der Waals surface area contributed by atoms with Crippen LogP contribution in [0.2, 0.25) is 0 Å². The molecule has 7 heteroatoms. The second-order valence-corrected chi connectivity index (χ2v) is 8.04. The van der Waals surface area contributed by atoms with Crippen molar-refractivity contribution in [3.05, 3.63) is 33.7 Å². The molecular formula is C17H28N2O4S. The van der Waals surface area contributed by atoms with Gasteiger partial charge in [0.25, 0.3) is 5.56 Å². The summed E-state index contributed by atoms with van der Waals surface area (Å²) in [4.78, 5) is 16.4. The fraction of sp³-hybridized carbons (Fsp3) is 0.647. The molecule has 1 saturated heterocycles. The normalized spacial score (nSPS) is 19.6. The molecular weight excluding hydrogens is 328 g/mol. The Bertz CT molecular complexity index is 744. The summed E-state index contributed by atoms with van der Waals surface area (Å²) in [6, 6.07) is 3.25. The summed E-state index contributed by atoms with van der Waals surface area (Å²) in [6.45, 7) is 10.4. The van der Waals surface area contributed by atoms with Gasteiger partial charge in [0, 0.05) is 35.9 Å². The minimum atomic E-state index is -3.23. The molecule has 1 aliphatic rings. The van der Waals surface area contributed by atoms with Gasteiger partial charge >= 0.3 is 0 Å². The van der Waals surface area contributed by atoms with Gasteiger partial charge in [-0.25, -0.2) is 8.42 Å². The van der Waals surface area contributed by atoms with Gasteiger partial charge in [-0.15, -0.1) is 0 Å². The van der Waals surface area contributed by atoms with Crippen molar-refractivity contribution in [3.8, 4) is 0 Å². The number of hydrogen-bond donors (Lipinski definition) is 0. The van der Waals surface area contributed by atoms with Crippen molar-refractivity contribution >= 4 is 15.5 Å². The van der Waals surface area contributed by atoms with Gasteiger partial charge < -0.3 is 9.30 Å². The average molecular weight is 356 g/mol. The van der Waals surface area contributed by atoms with Gasteiger partial charge in [-0.2, -0.15) is 0 Å². The van der Waals surface area contributed by atoms with Gasteiger partial charge in [-0.1, -0.05) is 13.8 Å². The first kappa shape index (κ1) is 20.6. The van der Waals surface area contributed by atoms with E-state index in [0.29, 0.717) is 18.9 Å². The predicted octanol–water partition coefficient (Wildman–Crippen LogP) is 2.34. The SMILES string of the molecule is C/C(=N/C(C)S(C)(=O)=O)c1ccc(=O)n(C2CCOC2)c1C.CC. The lowest BCUT2D eigenvalue weighted by Gasteiger charge is -2.19. The predicted molar refractivity (Wildman–Crippen MR) is 97.8 cm³/mol.